The number of rotatable bonds is 6. The van der Waals surface area contributed by atoms with Crippen molar-refractivity contribution in [1.82, 2.24) is 10.6 Å². The molecule has 0 spiro atoms. The number of hydrogen-bond donors (Lipinski definition) is 3. The predicted molar refractivity (Wildman–Crippen MR) is 82.6 cm³/mol. The van der Waals surface area contributed by atoms with Gasteiger partial charge in [-0.1, -0.05) is 6.07 Å². The summed E-state index contributed by atoms with van der Waals surface area (Å²) in [5.41, 5.74) is 6.48. The maximum atomic E-state index is 12.1. The van der Waals surface area contributed by atoms with E-state index in [4.69, 9.17) is 5.73 Å². The van der Waals surface area contributed by atoms with Crippen LogP contribution in [0.25, 0.3) is 0 Å². The molecule has 0 aliphatic carbocycles. The van der Waals surface area contributed by atoms with E-state index in [9.17, 15) is 14.4 Å². The van der Waals surface area contributed by atoms with Crippen LogP contribution in [0.15, 0.2) is 24.3 Å². The van der Waals surface area contributed by atoms with Crippen molar-refractivity contribution in [3.05, 3.63) is 29.8 Å². The molecular formula is C15H20N4O3. The molecule has 0 aromatic heterocycles. The molecule has 1 aliphatic heterocycles. The van der Waals surface area contributed by atoms with Gasteiger partial charge < -0.3 is 11.1 Å². The van der Waals surface area contributed by atoms with Crippen LogP contribution < -0.4 is 21.3 Å². The number of urea groups is 1. The highest BCUT2D eigenvalue weighted by molar-refractivity contribution is 6.06. The second-order valence-electron chi connectivity index (χ2n) is 5.06. The Kier molecular flexibility index (Phi) is 5.48. The molecule has 1 saturated heterocycles. The van der Waals surface area contributed by atoms with Crippen LogP contribution in [0.4, 0.5) is 10.5 Å². The van der Waals surface area contributed by atoms with Crippen molar-refractivity contribution < 1.29 is 14.4 Å². The molecule has 7 heteroatoms. The Hall–Kier alpha value is -2.41. The third kappa shape index (κ3) is 4.05. The van der Waals surface area contributed by atoms with Crippen molar-refractivity contribution in [3.8, 4) is 0 Å². The van der Waals surface area contributed by atoms with Gasteiger partial charge in [-0.05, 0) is 37.6 Å². The Morgan fingerprint density at radius 3 is 2.86 bits per heavy atom. The molecule has 1 heterocycles. The van der Waals surface area contributed by atoms with E-state index >= 15 is 0 Å². The van der Waals surface area contributed by atoms with Crippen LogP contribution in [0.2, 0.25) is 0 Å². The third-order valence-corrected chi connectivity index (χ3v) is 3.39. The normalized spacial score (nSPS) is 14.7. The number of carbonyl (C=O) groups excluding carboxylic acids is 3. The van der Waals surface area contributed by atoms with Crippen LogP contribution in [0.5, 0.6) is 0 Å². The summed E-state index contributed by atoms with van der Waals surface area (Å²) in [6.07, 6.45) is 1.95. The van der Waals surface area contributed by atoms with E-state index in [1.807, 2.05) is 0 Å². The van der Waals surface area contributed by atoms with Crippen molar-refractivity contribution in [2.45, 2.75) is 19.3 Å². The first-order chi connectivity index (χ1) is 10.6. The SMILES string of the molecule is NCCCCNC(=O)c1cccc(N2CCC(=O)NC2=O)c1. The van der Waals surface area contributed by atoms with Gasteiger partial charge in [0.2, 0.25) is 5.91 Å². The largest absolute Gasteiger partial charge is 0.352 e. The van der Waals surface area contributed by atoms with Crippen LogP contribution in [-0.2, 0) is 4.79 Å². The van der Waals surface area contributed by atoms with Crippen LogP contribution in [0.3, 0.4) is 0 Å². The molecule has 4 amide bonds. The maximum absolute atomic E-state index is 12.1. The molecule has 2 rings (SSSR count). The number of unbranched alkanes of at least 4 members (excludes halogenated alkanes) is 1. The van der Waals surface area contributed by atoms with Crippen LogP contribution in [-0.4, -0.2) is 37.5 Å². The Morgan fingerprint density at radius 2 is 2.14 bits per heavy atom. The molecule has 0 bridgehead atoms. The molecule has 118 valence electrons. The lowest BCUT2D eigenvalue weighted by atomic mass is 10.1. The predicted octanol–water partition coefficient (Wildman–Crippen LogP) is 0.602. The van der Waals surface area contributed by atoms with E-state index in [-0.39, 0.29) is 18.2 Å². The van der Waals surface area contributed by atoms with Gasteiger partial charge in [-0.3, -0.25) is 19.8 Å². The van der Waals surface area contributed by atoms with Gasteiger partial charge in [0, 0.05) is 30.8 Å². The minimum Gasteiger partial charge on any atom is -0.352 e. The number of nitrogens with zero attached hydrogens (tertiary/aromatic N) is 1. The number of anilines is 1. The minimum atomic E-state index is -0.461. The molecule has 0 atom stereocenters. The molecule has 0 radical (unpaired) electrons. The summed E-state index contributed by atoms with van der Waals surface area (Å²) < 4.78 is 0. The Morgan fingerprint density at radius 1 is 1.32 bits per heavy atom. The first kappa shape index (κ1) is 16.0. The molecule has 1 aliphatic rings. The summed E-state index contributed by atoms with van der Waals surface area (Å²) in [5, 5.41) is 5.08. The first-order valence-electron chi connectivity index (χ1n) is 7.31. The summed E-state index contributed by atoms with van der Waals surface area (Å²) in [4.78, 5) is 36.5. The lowest BCUT2D eigenvalue weighted by Gasteiger charge is -2.26. The van der Waals surface area contributed by atoms with Crippen molar-refractivity contribution in [2.24, 2.45) is 5.73 Å². The smallest absolute Gasteiger partial charge is 0.328 e. The van der Waals surface area contributed by atoms with Crippen LogP contribution in [0.1, 0.15) is 29.6 Å². The van der Waals surface area contributed by atoms with E-state index in [1.54, 1.807) is 24.3 Å². The number of carbonyl (C=O) groups is 3. The standard InChI is InChI=1S/C15H20N4O3/c16-7-1-2-8-17-14(21)11-4-3-5-12(10-11)19-9-6-13(20)18-15(19)22/h3-5,10H,1-2,6-9,16H2,(H,17,21)(H,18,20,22). The fraction of sp³-hybridized carbons (Fsp3) is 0.400. The fourth-order valence-corrected chi connectivity index (χ4v) is 2.20. The van der Waals surface area contributed by atoms with Crippen molar-refractivity contribution in [1.29, 1.82) is 0 Å². The van der Waals surface area contributed by atoms with Gasteiger partial charge in [-0.2, -0.15) is 0 Å². The third-order valence-electron chi connectivity index (χ3n) is 3.39. The number of nitrogens with two attached hydrogens (primary N) is 1. The lowest BCUT2D eigenvalue weighted by molar-refractivity contribution is -0.120. The number of benzene rings is 1. The van der Waals surface area contributed by atoms with E-state index in [0.717, 1.165) is 12.8 Å². The van der Waals surface area contributed by atoms with Gasteiger partial charge in [-0.25, -0.2) is 4.79 Å². The van der Waals surface area contributed by atoms with Gasteiger partial charge in [-0.15, -0.1) is 0 Å². The fourth-order valence-electron chi connectivity index (χ4n) is 2.20. The van der Waals surface area contributed by atoms with E-state index < -0.39 is 6.03 Å². The lowest BCUT2D eigenvalue weighted by Crippen LogP contribution is -2.49. The van der Waals surface area contributed by atoms with E-state index in [1.165, 1.54) is 4.90 Å². The summed E-state index contributed by atoms with van der Waals surface area (Å²) in [5.74, 6) is -0.470. The highest BCUT2D eigenvalue weighted by Gasteiger charge is 2.24. The second kappa shape index (κ2) is 7.56. The van der Waals surface area contributed by atoms with Gasteiger partial charge in [0.1, 0.15) is 0 Å². The molecule has 1 aromatic rings. The average Bonchev–Trinajstić information content (AvgIpc) is 2.51. The second-order valence-corrected chi connectivity index (χ2v) is 5.06. The molecular weight excluding hydrogens is 284 g/mol. The zero-order valence-corrected chi connectivity index (χ0v) is 12.3. The Labute approximate surface area is 128 Å². The number of nitrogens with one attached hydrogen (secondary N) is 2. The van der Waals surface area contributed by atoms with Gasteiger partial charge >= 0.3 is 6.03 Å². The van der Waals surface area contributed by atoms with Gasteiger partial charge in [0.05, 0.1) is 0 Å². The summed E-state index contributed by atoms with van der Waals surface area (Å²) in [6.45, 7) is 1.49. The molecule has 4 N–H and O–H groups in total. The molecule has 0 saturated carbocycles. The quantitative estimate of drug-likeness (QED) is 0.669. The highest BCUT2D eigenvalue weighted by Crippen LogP contribution is 2.18. The highest BCUT2D eigenvalue weighted by atomic mass is 16.2. The molecule has 22 heavy (non-hydrogen) atoms. The van der Waals surface area contributed by atoms with E-state index in [2.05, 4.69) is 10.6 Å². The Bertz CT molecular complexity index is 574. The number of hydrogen-bond acceptors (Lipinski definition) is 4. The monoisotopic (exact) mass is 304 g/mol. The zero-order valence-electron chi connectivity index (χ0n) is 12.3. The summed E-state index contributed by atoms with van der Waals surface area (Å²) >= 11 is 0. The van der Waals surface area contributed by atoms with Crippen LogP contribution >= 0.6 is 0 Å². The summed E-state index contributed by atoms with van der Waals surface area (Å²) in [6, 6.07) is 6.33. The van der Waals surface area contributed by atoms with Crippen molar-refractivity contribution in [3.63, 3.8) is 0 Å². The first-order valence-corrected chi connectivity index (χ1v) is 7.31. The Balaban J connectivity index is 2.02. The maximum Gasteiger partial charge on any atom is 0.328 e. The number of imide groups is 1. The minimum absolute atomic E-state index is 0.188. The van der Waals surface area contributed by atoms with Crippen LogP contribution in [0, 0.1) is 0 Å². The van der Waals surface area contributed by atoms with Crippen molar-refractivity contribution in [2.75, 3.05) is 24.5 Å². The molecule has 1 aromatic carbocycles. The van der Waals surface area contributed by atoms with Gasteiger partial charge in [0.25, 0.3) is 5.91 Å². The topological polar surface area (TPSA) is 105 Å². The molecule has 0 unspecified atom stereocenters. The van der Waals surface area contributed by atoms with Gasteiger partial charge in [0.15, 0.2) is 0 Å². The molecule has 1 fully saturated rings. The zero-order chi connectivity index (χ0) is 15.9. The average molecular weight is 304 g/mol. The van der Waals surface area contributed by atoms with Crippen molar-refractivity contribution >= 4 is 23.5 Å². The van der Waals surface area contributed by atoms with E-state index in [0.29, 0.717) is 30.9 Å². The number of amides is 4. The molecule has 7 nitrogen and oxygen atoms in total. The summed E-state index contributed by atoms with van der Waals surface area (Å²) in [7, 11) is 0.